The van der Waals surface area contributed by atoms with E-state index in [0.717, 1.165) is 12.8 Å². The lowest BCUT2D eigenvalue weighted by Gasteiger charge is -2.38. The van der Waals surface area contributed by atoms with Crippen LogP contribution in [0, 0.1) is 12.2 Å². The molecule has 0 N–H and O–H groups in total. The van der Waals surface area contributed by atoms with Crippen LogP contribution in [0.4, 0.5) is 0 Å². The van der Waals surface area contributed by atoms with Gasteiger partial charge < -0.3 is 9.13 Å². The van der Waals surface area contributed by atoms with Crippen LogP contribution in [0.1, 0.15) is 29.0 Å². The smallest absolute Gasteiger partial charge is 0.243 e. The number of imidazole rings is 1. The molecule has 5 rings (SSSR count). The van der Waals surface area contributed by atoms with Crippen molar-refractivity contribution < 1.29 is 4.57 Å². The number of aromatic nitrogens is 2. The van der Waals surface area contributed by atoms with Crippen molar-refractivity contribution in [1.82, 2.24) is 4.57 Å². The summed E-state index contributed by atoms with van der Waals surface area (Å²) in [7, 11) is 2.01. The van der Waals surface area contributed by atoms with Gasteiger partial charge in [0.25, 0.3) is 0 Å². The molecular formula is C20H18N2. The summed E-state index contributed by atoms with van der Waals surface area (Å²) in [5, 5.41) is 0. The summed E-state index contributed by atoms with van der Waals surface area (Å²) >= 11 is 0. The molecule has 0 spiro atoms. The lowest BCUT2D eigenvalue weighted by atomic mass is 9.67. The number of rotatable bonds is 1. The molecule has 2 atom stereocenters. The second-order valence-electron chi connectivity index (χ2n) is 6.48. The molecule has 2 aromatic rings. The fourth-order valence-electron chi connectivity index (χ4n) is 4.20. The largest absolute Gasteiger partial charge is 0.326 e. The quantitative estimate of drug-likeness (QED) is 0.432. The topological polar surface area (TPSA) is 8.81 Å². The number of hydrogen-bond donors (Lipinski definition) is 0. The van der Waals surface area contributed by atoms with Gasteiger partial charge in [0.15, 0.2) is 0 Å². The Morgan fingerprint density at radius 3 is 3.05 bits per heavy atom. The molecule has 0 aliphatic heterocycles. The van der Waals surface area contributed by atoms with Gasteiger partial charge in [0.2, 0.25) is 6.33 Å². The molecule has 1 aromatic carbocycles. The van der Waals surface area contributed by atoms with Crippen molar-refractivity contribution in [3.05, 3.63) is 77.4 Å². The van der Waals surface area contributed by atoms with Crippen LogP contribution in [0.2, 0.25) is 0 Å². The van der Waals surface area contributed by atoms with Gasteiger partial charge in [0, 0.05) is 24.2 Å². The summed E-state index contributed by atoms with van der Waals surface area (Å²) < 4.78 is 4.08. The van der Waals surface area contributed by atoms with Gasteiger partial charge in [-0.15, -0.1) is 0 Å². The van der Waals surface area contributed by atoms with E-state index in [9.17, 15) is 0 Å². The lowest BCUT2D eigenvalue weighted by Crippen LogP contribution is -2.25. The van der Waals surface area contributed by atoms with E-state index < -0.39 is 0 Å². The predicted octanol–water partition coefficient (Wildman–Crippen LogP) is 3.27. The standard InChI is InChI=1S/C20H18N2/c1-21-11-12-22(13-21)18-10-8-16-6-5-14-3-2-4-15-7-9-17(18)20(16)19(14)15/h2,4-5,7-12,15,19H,3,6H2,1H3. The molecule has 2 nitrogen and oxygen atoms in total. The van der Waals surface area contributed by atoms with Crippen LogP contribution in [0.5, 0.6) is 0 Å². The van der Waals surface area contributed by atoms with E-state index >= 15 is 0 Å². The lowest BCUT2D eigenvalue weighted by molar-refractivity contribution is -0.674. The Bertz CT molecular complexity index is 864. The van der Waals surface area contributed by atoms with Crippen molar-refractivity contribution in [3.63, 3.8) is 0 Å². The van der Waals surface area contributed by atoms with Crippen LogP contribution in [0.25, 0.3) is 11.8 Å². The molecule has 0 saturated carbocycles. The molecule has 3 aliphatic rings. The van der Waals surface area contributed by atoms with Gasteiger partial charge in [0.1, 0.15) is 0 Å². The van der Waals surface area contributed by atoms with Gasteiger partial charge in [0.05, 0.1) is 12.7 Å². The van der Waals surface area contributed by atoms with Gasteiger partial charge in [-0.05, 0) is 29.5 Å². The van der Waals surface area contributed by atoms with Crippen LogP contribution in [0.3, 0.4) is 0 Å². The summed E-state index contributed by atoms with van der Waals surface area (Å²) in [5.74, 6) is 1.09. The first-order valence-electron chi connectivity index (χ1n) is 7.97. The van der Waals surface area contributed by atoms with E-state index in [0.29, 0.717) is 11.8 Å². The van der Waals surface area contributed by atoms with E-state index in [-0.39, 0.29) is 0 Å². The Hall–Kier alpha value is -2.35. The SMILES string of the molecule is C[n+]1[c-]n(-c2ccc3c4c2C=CC2C=CCC(=CC3)C42)cc1. The highest BCUT2D eigenvalue weighted by atomic mass is 15.1. The fraction of sp³-hybridized carbons (Fsp3) is 0.250. The summed E-state index contributed by atoms with van der Waals surface area (Å²) in [6.45, 7) is 0. The summed E-state index contributed by atoms with van der Waals surface area (Å²) in [5.41, 5.74) is 7.27. The van der Waals surface area contributed by atoms with Crippen LogP contribution in [0.15, 0.2) is 54.4 Å². The van der Waals surface area contributed by atoms with Crippen LogP contribution in [-0.2, 0) is 13.5 Å². The maximum atomic E-state index is 3.33. The summed E-state index contributed by atoms with van der Waals surface area (Å²) in [6.07, 6.45) is 21.5. The van der Waals surface area contributed by atoms with Gasteiger partial charge in [-0.3, -0.25) is 0 Å². The minimum Gasteiger partial charge on any atom is -0.326 e. The zero-order valence-corrected chi connectivity index (χ0v) is 12.7. The molecule has 22 heavy (non-hydrogen) atoms. The van der Waals surface area contributed by atoms with Crippen LogP contribution in [-0.4, -0.2) is 4.57 Å². The minimum absolute atomic E-state index is 0.534. The van der Waals surface area contributed by atoms with Crippen molar-refractivity contribution in [2.45, 2.75) is 18.8 Å². The second-order valence-corrected chi connectivity index (χ2v) is 6.48. The molecule has 0 amide bonds. The van der Waals surface area contributed by atoms with E-state index in [2.05, 4.69) is 59.6 Å². The second kappa shape index (κ2) is 4.33. The zero-order chi connectivity index (χ0) is 14.7. The van der Waals surface area contributed by atoms with Crippen molar-refractivity contribution in [2.24, 2.45) is 13.0 Å². The van der Waals surface area contributed by atoms with Gasteiger partial charge in [-0.25, -0.2) is 0 Å². The van der Waals surface area contributed by atoms with Gasteiger partial charge >= 0.3 is 0 Å². The Morgan fingerprint density at radius 2 is 2.18 bits per heavy atom. The molecule has 2 unspecified atom stereocenters. The van der Waals surface area contributed by atoms with E-state index in [1.807, 2.05) is 17.8 Å². The molecule has 2 heteroatoms. The highest BCUT2D eigenvalue weighted by Gasteiger charge is 2.34. The van der Waals surface area contributed by atoms with Gasteiger partial charge in [-0.1, -0.05) is 48.1 Å². The normalized spacial score (nSPS) is 24.1. The highest BCUT2D eigenvalue weighted by Crippen LogP contribution is 2.48. The first kappa shape index (κ1) is 12.2. The zero-order valence-electron chi connectivity index (χ0n) is 12.7. The van der Waals surface area contributed by atoms with E-state index in [1.54, 1.807) is 11.1 Å². The third kappa shape index (κ3) is 1.58. The molecule has 0 bridgehead atoms. The Labute approximate surface area is 130 Å². The van der Waals surface area contributed by atoms with E-state index in [4.69, 9.17) is 0 Å². The van der Waals surface area contributed by atoms with Crippen LogP contribution >= 0.6 is 0 Å². The van der Waals surface area contributed by atoms with E-state index in [1.165, 1.54) is 16.8 Å². The Balaban J connectivity index is 1.77. The maximum Gasteiger partial charge on any atom is 0.243 e. The average molecular weight is 286 g/mol. The molecule has 0 radical (unpaired) electrons. The van der Waals surface area contributed by atoms with Crippen molar-refractivity contribution in [1.29, 1.82) is 0 Å². The molecule has 0 saturated heterocycles. The molecule has 0 fully saturated rings. The molecule has 1 heterocycles. The highest BCUT2D eigenvalue weighted by molar-refractivity contribution is 5.72. The third-order valence-electron chi connectivity index (χ3n) is 5.20. The summed E-state index contributed by atoms with van der Waals surface area (Å²) in [4.78, 5) is 0. The van der Waals surface area contributed by atoms with Crippen molar-refractivity contribution in [2.75, 3.05) is 0 Å². The molecule has 3 aliphatic carbocycles. The van der Waals surface area contributed by atoms with Crippen LogP contribution < -0.4 is 4.57 Å². The number of hydrogen-bond acceptors (Lipinski definition) is 0. The molecular weight excluding hydrogens is 268 g/mol. The third-order valence-corrected chi connectivity index (χ3v) is 5.20. The first-order valence-corrected chi connectivity index (χ1v) is 7.97. The first-order chi connectivity index (χ1) is 10.8. The Morgan fingerprint density at radius 1 is 1.23 bits per heavy atom. The Kier molecular flexibility index (Phi) is 2.40. The maximum absolute atomic E-state index is 3.33. The number of aryl methyl sites for hydroxylation is 1. The van der Waals surface area contributed by atoms with Gasteiger partial charge in [-0.2, -0.15) is 0 Å². The molecule has 108 valence electrons. The number of nitrogens with zero attached hydrogens (tertiary/aromatic N) is 2. The predicted molar refractivity (Wildman–Crippen MR) is 86.6 cm³/mol. The monoisotopic (exact) mass is 286 g/mol. The van der Waals surface area contributed by atoms with Crippen molar-refractivity contribution >= 4 is 6.08 Å². The minimum atomic E-state index is 0.534. The van der Waals surface area contributed by atoms with Crippen molar-refractivity contribution in [3.8, 4) is 5.69 Å². The summed E-state index contributed by atoms with van der Waals surface area (Å²) in [6, 6.07) is 4.55. The molecule has 1 aromatic heterocycles. The average Bonchev–Trinajstić information content (AvgIpc) is 2.99. The number of benzene rings is 1. The number of allylic oxidation sites excluding steroid dienone is 5. The fourth-order valence-corrected chi connectivity index (χ4v) is 4.20.